The molecule has 0 amide bonds. The van der Waals surface area contributed by atoms with Crippen LogP contribution in [0.25, 0.3) is 0 Å². The van der Waals surface area contributed by atoms with Gasteiger partial charge < -0.3 is 10.5 Å². The van der Waals surface area contributed by atoms with Crippen LogP contribution in [0.3, 0.4) is 0 Å². The van der Waals surface area contributed by atoms with Gasteiger partial charge in [-0.3, -0.25) is 0 Å². The molecular formula is C13H25NO. The molecule has 2 fully saturated rings. The van der Waals surface area contributed by atoms with E-state index in [4.69, 9.17) is 10.5 Å². The molecule has 0 bridgehead atoms. The smallest absolute Gasteiger partial charge is 0.0699 e. The van der Waals surface area contributed by atoms with Crippen molar-refractivity contribution >= 4 is 0 Å². The van der Waals surface area contributed by atoms with Crippen molar-refractivity contribution in [1.29, 1.82) is 0 Å². The molecule has 0 aromatic carbocycles. The standard InChI is InChI=1S/C13H25NO/c1-12(2,3)10-4-6-13(7-5-10)8-11(14)9-15-13/h10-11H,4-9,14H2,1-3H3. The van der Waals surface area contributed by atoms with E-state index in [2.05, 4.69) is 20.8 Å². The summed E-state index contributed by atoms with van der Waals surface area (Å²) < 4.78 is 5.93. The Balaban J connectivity index is 1.92. The second-order valence-electron chi connectivity index (χ2n) is 6.60. The van der Waals surface area contributed by atoms with Crippen molar-refractivity contribution in [1.82, 2.24) is 0 Å². The maximum absolute atomic E-state index is 5.94. The van der Waals surface area contributed by atoms with Crippen LogP contribution in [-0.2, 0) is 4.74 Å². The molecule has 1 spiro atoms. The first-order valence-electron chi connectivity index (χ1n) is 6.31. The van der Waals surface area contributed by atoms with Gasteiger partial charge >= 0.3 is 0 Å². The van der Waals surface area contributed by atoms with Gasteiger partial charge in [-0.2, -0.15) is 0 Å². The molecule has 0 aromatic rings. The number of ether oxygens (including phenoxy) is 1. The molecule has 15 heavy (non-hydrogen) atoms. The van der Waals surface area contributed by atoms with Gasteiger partial charge in [-0.25, -0.2) is 0 Å². The van der Waals surface area contributed by atoms with Crippen molar-refractivity contribution in [2.75, 3.05) is 6.61 Å². The molecule has 0 aromatic heterocycles. The first kappa shape index (κ1) is 11.4. The highest BCUT2D eigenvalue weighted by atomic mass is 16.5. The molecule has 1 atom stereocenters. The van der Waals surface area contributed by atoms with Crippen molar-refractivity contribution < 1.29 is 4.74 Å². The van der Waals surface area contributed by atoms with Crippen molar-refractivity contribution in [2.45, 2.75) is 64.5 Å². The normalized spacial score (nSPS) is 42.4. The van der Waals surface area contributed by atoms with Gasteiger partial charge in [0.2, 0.25) is 0 Å². The van der Waals surface area contributed by atoms with Crippen LogP contribution in [0.1, 0.15) is 52.9 Å². The zero-order valence-corrected chi connectivity index (χ0v) is 10.4. The van der Waals surface area contributed by atoms with Crippen LogP contribution in [-0.4, -0.2) is 18.2 Å². The number of hydrogen-bond acceptors (Lipinski definition) is 2. The van der Waals surface area contributed by atoms with Gasteiger partial charge in [-0.05, 0) is 43.4 Å². The summed E-state index contributed by atoms with van der Waals surface area (Å²) in [5.74, 6) is 0.864. The summed E-state index contributed by atoms with van der Waals surface area (Å²) >= 11 is 0. The molecule has 1 saturated heterocycles. The molecule has 1 aliphatic carbocycles. The van der Waals surface area contributed by atoms with E-state index in [1.165, 1.54) is 25.7 Å². The molecular weight excluding hydrogens is 186 g/mol. The zero-order valence-electron chi connectivity index (χ0n) is 10.4. The van der Waals surface area contributed by atoms with Gasteiger partial charge in [0.25, 0.3) is 0 Å². The van der Waals surface area contributed by atoms with Gasteiger partial charge in [0, 0.05) is 6.04 Å². The zero-order chi connectivity index (χ0) is 11.1. The van der Waals surface area contributed by atoms with E-state index in [1.54, 1.807) is 0 Å². The fourth-order valence-corrected chi connectivity index (χ4v) is 3.24. The predicted molar refractivity (Wildman–Crippen MR) is 62.7 cm³/mol. The average Bonchev–Trinajstić information content (AvgIpc) is 2.47. The van der Waals surface area contributed by atoms with Crippen LogP contribution in [0.5, 0.6) is 0 Å². The summed E-state index contributed by atoms with van der Waals surface area (Å²) in [5.41, 5.74) is 6.56. The van der Waals surface area contributed by atoms with Crippen molar-refractivity contribution in [3.8, 4) is 0 Å². The fraction of sp³-hybridized carbons (Fsp3) is 1.00. The second-order valence-corrected chi connectivity index (χ2v) is 6.60. The summed E-state index contributed by atoms with van der Waals surface area (Å²) in [4.78, 5) is 0. The summed E-state index contributed by atoms with van der Waals surface area (Å²) in [6, 6.07) is 0.288. The molecule has 1 unspecified atom stereocenters. The fourth-order valence-electron chi connectivity index (χ4n) is 3.24. The minimum atomic E-state index is 0.168. The minimum Gasteiger partial charge on any atom is -0.373 e. The van der Waals surface area contributed by atoms with E-state index in [0.717, 1.165) is 18.9 Å². The van der Waals surface area contributed by atoms with E-state index < -0.39 is 0 Å². The number of hydrogen-bond donors (Lipinski definition) is 1. The van der Waals surface area contributed by atoms with Crippen LogP contribution in [0, 0.1) is 11.3 Å². The van der Waals surface area contributed by atoms with Crippen LogP contribution in [0.4, 0.5) is 0 Å². The minimum absolute atomic E-state index is 0.168. The summed E-state index contributed by atoms with van der Waals surface area (Å²) in [6.45, 7) is 7.85. The molecule has 1 saturated carbocycles. The van der Waals surface area contributed by atoms with Crippen molar-refractivity contribution in [3.05, 3.63) is 0 Å². The van der Waals surface area contributed by atoms with E-state index >= 15 is 0 Å². The number of rotatable bonds is 0. The summed E-state index contributed by atoms with van der Waals surface area (Å²) in [7, 11) is 0. The third kappa shape index (κ3) is 2.36. The van der Waals surface area contributed by atoms with Crippen LogP contribution in [0.15, 0.2) is 0 Å². The third-order valence-corrected chi connectivity index (χ3v) is 4.36. The highest BCUT2D eigenvalue weighted by Crippen LogP contribution is 2.46. The lowest BCUT2D eigenvalue weighted by atomic mass is 9.68. The Bertz CT molecular complexity index is 223. The lowest BCUT2D eigenvalue weighted by molar-refractivity contribution is -0.0464. The van der Waals surface area contributed by atoms with Gasteiger partial charge in [0.05, 0.1) is 12.2 Å². The van der Waals surface area contributed by atoms with Crippen molar-refractivity contribution in [2.24, 2.45) is 17.1 Å². The molecule has 2 heteroatoms. The average molecular weight is 211 g/mol. The highest BCUT2D eigenvalue weighted by molar-refractivity contribution is 4.96. The van der Waals surface area contributed by atoms with Gasteiger partial charge in [-0.1, -0.05) is 20.8 Å². The lowest BCUT2D eigenvalue weighted by Crippen LogP contribution is -2.37. The Morgan fingerprint density at radius 1 is 1.20 bits per heavy atom. The number of nitrogens with two attached hydrogens (primary N) is 1. The lowest BCUT2D eigenvalue weighted by Gasteiger charge is -2.41. The quantitative estimate of drug-likeness (QED) is 0.668. The molecule has 1 heterocycles. The molecule has 2 N–H and O–H groups in total. The largest absolute Gasteiger partial charge is 0.373 e. The monoisotopic (exact) mass is 211 g/mol. The van der Waals surface area contributed by atoms with E-state index in [0.29, 0.717) is 5.41 Å². The Morgan fingerprint density at radius 3 is 2.20 bits per heavy atom. The first-order valence-corrected chi connectivity index (χ1v) is 6.31. The van der Waals surface area contributed by atoms with Gasteiger partial charge in [0.1, 0.15) is 0 Å². The SMILES string of the molecule is CC(C)(C)C1CCC2(CC1)CC(N)CO2. The Labute approximate surface area is 93.6 Å². The predicted octanol–water partition coefficient (Wildman–Crippen LogP) is 2.71. The topological polar surface area (TPSA) is 35.2 Å². The Morgan fingerprint density at radius 2 is 1.80 bits per heavy atom. The second kappa shape index (κ2) is 3.74. The van der Waals surface area contributed by atoms with Gasteiger partial charge in [-0.15, -0.1) is 0 Å². The molecule has 88 valence electrons. The third-order valence-electron chi connectivity index (χ3n) is 4.36. The Hall–Kier alpha value is -0.0800. The van der Waals surface area contributed by atoms with Crippen LogP contribution >= 0.6 is 0 Å². The molecule has 2 aliphatic rings. The maximum Gasteiger partial charge on any atom is 0.0699 e. The van der Waals surface area contributed by atoms with E-state index in [9.17, 15) is 0 Å². The maximum atomic E-state index is 5.94. The molecule has 2 nitrogen and oxygen atoms in total. The summed E-state index contributed by atoms with van der Waals surface area (Å²) in [6.07, 6.45) is 6.17. The molecule has 1 aliphatic heterocycles. The first-order chi connectivity index (χ1) is 6.91. The van der Waals surface area contributed by atoms with Gasteiger partial charge in [0.15, 0.2) is 0 Å². The highest BCUT2D eigenvalue weighted by Gasteiger charge is 2.43. The van der Waals surface area contributed by atoms with E-state index in [1.807, 2.05) is 0 Å². The molecule has 0 radical (unpaired) electrons. The van der Waals surface area contributed by atoms with Crippen molar-refractivity contribution in [3.63, 3.8) is 0 Å². The van der Waals surface area contributed by atoms with Crippen LogP contribution in [0.2, 0.25) is 0 Å². The van der Waals surface area contributed by atoms with E-state index in [-0.39, 0.29) is 11.6 Å². The van der Waals surface area contributed by atoms with Crippen LogP contribution < -0.4 is 5.73 Å². The Kier molecular flexibility index (Phi) is 2.85. The molecule has 2 rings (SSSR count). The summed E-state index contributed by atoms with van der Waals surface area (Å²) in [5, 5.41) is 0.